The van der Waals surface area contributed by atoms with Crippen LogP contribution in [0.5, 0.6) is 0 Å². The molecule has 0 radical (unpaired) electrons. The van der Waals surface area contributed by atoms with Crippen molar-refractivity contribution in [1.82, 2.24) is 19.6 Å². The van der Waals surface area contributed by atoms with E-state index in [1.165, 1.54) is 23.9 Å². The summed E-state index contributed by atoms with van der Waals surface area (Å²) >= 11 is 7.12. The Balaban J connectivity index is 1.70. The van der Waals surface area contributed by atoms with Crippen molar-refractivity contribution in [3.05, 3.63) is 46.6 Å². The number of rotatable bonds is 4. The smallest absolute Gasteiger partial charge is 0.234 e. The SMILES string of the molecule is Cc1cc2nnc(SCC(=O)Nc3ccc(F)cc3Cl)n2c(C)n1. The standard InChI is InChI=1S/C15H13ClFN5OS/c1-8-5-13-20-21-15(22(13)9(2)18-8)24-7-14(23)19-12-4-3-10(17)6-11(12)16/h3-6H,7H2,1-2H3,(H,19,23). The summed E-state index contributed by atoms with van der Waals surface area (Å²) in [5.41, 5.74) is 1.90. The molecule has 1 amide bonds. The van der Waals surface area contributed by atoms with E-state index in [0.717, 1.165) is 17.6 Å². The lowest BCUT2D eigenvalue weighted by Crippen LogP contribution is -2.14. The van der Waals surface area contributed by atoms with Crippen LogP contribution in [0.3, 0.4) is 0 Å². The third-order valence-electron chi connectivity index (χ3n) is 3.20. The van der Waals surface area contributed by atoms with Gasteiger partial charge in [0.1, 0.15) is 11.6 Å². The summed E-state index contributed by atoms with van der Waals surface area (Å²) in [6.45, 7) is 3.74. The van der Waals surface area contributed by atoms with Gasteiger partial charge in [-0.3, -0.25) is 9.20 Å². The number of halogens is 2. The molecule has 0 saturated heterocycles. The van der Waals surface area contributed by atoms with Gasteiger partial charge in [0.25, 0.3) is 0 Å². The number of thioether (sulfide) groups is 1. The van der Waals surface area contributed by atoms with E-state index in [1.807, 2.05) is 19.9 Å². The zero-order valence-electron chi connectivity index (χ0n) is 12.9. The molecule has 0 aliphatic carbocycles. The molecule has 0 bridgehead atoms. The van der Waals surface area contributed by atoms with E-state index in [9.17, 15) is 9.18 Å². The van der Waals surface area contributed by atoms with Gasteiger partial charge in [-0.25, -0.2) is 9.37 Å². The Hall–Kier alpha value is -2.19. The average Bonchev–Trinajstić information content (AvgIpc) is 2.91. The normalized spacial score (nSPS) is 11.0. The largest absolute Gasteiger partial charge is 0.324 e. The summed E-state index contributed by atoms with van der Waals surface area (Å²) in [5, 5.41) is 11.5. The molecule has 0 aliphatic heterocycles. The molecule has 3 rings (SSSR count). The maximum atomic E-state index is 13.0. The second-order valence-electron chi connectivity index (χ2n) is 5.08. The fourth-order valence-corrected chi connectivity index (χ4v) is 3.20. The van der Waals surface area contributed by atoms with E-state index in [2.05, 4.69) is 20.5 Å². The molecular formula is C15H13ClFN5OS. The molecule has 124 valence electrons. The summed E-state index contributed by atoms with van der Waals surface area (Å²) < 4.78 is 14.8. The number of hydrogen-bond donors (Lipinski definition) is 1. The van der Waals surface area contributed by atoms with Gasteiger partial charge in [0.15, 0.2) is 10.8 Å². The van der Waals surface area contributed by atoms with Crippen LogP contribution in [0.15, 0.2) is 29.4 Å². The van der Waals surface area contributed by atoms with Crippen molar-refractivity contribution >= 4 is 40.6 Å². The first-order valence-electron chi connectivity index (χ1n) is 7.01. The third-order valence-corrected chi connectivity index (χ3v) is 4.44. The topological polar surface area (TPSA) is 72.2 Å². The molecule has 0 aliphatic rings. The van der Waals surface area contributed by atoms with Crippen molar-refractivity contribution in [1.29, 1.82) is 0 Å². The molecule has 9 heteroatoms. The van der Waals surface area contributed by atoms with Gasteiger partial charge in [-0.1, -0.05) is 23.4 Å². The Bertz CT molecular complexity index is 930. The minimum absolute atomic E-state index is 0.113. The van der Waals surface area contributed by atoms with E-state index in [4.69, 9.17) is 11.6 Å². The van der Waals surface area contributed by atoms with Crippen molar-refractivity contribution in [2.24, 2.45) is 0 Å². The molecule has 1 N–H and O–H groups in total. The molecule has 0 saturated carbocycles. The van der Waals surface area contributed by atoms with Gasteiger partial charge < -0.3 is 5.32 Å². The maximum Gasteiger partial charge on any atom is 0.234 e. The van der Waals surface area contributed by atoms with Crippen molar-refractivity contribution in [2.75, 3.05) is 11.1 Å². The molecular weight excluding hydrogens is 353 g/mol. The highest BCUT2D eigenvalue weighted by Gasteiger charge is 2.13. The number of nitrogens with one attached hydrogen (secondary N) is 1. The Morgan fingerprint density at radius 3 is 2.88 bits per heavy atom. The van der Waals surface area contributed by atoms with Crippen LogP contribution in [0.4, 0.5) is 10.1 Å². The van der Waals surface area contributed by atoms with Crippen molar-refractivity contribution in [3.63, 3.8) is 0 Å². The first-order valence-corrected chi connectivity index (χ1v) is 8.37. The molecule has 0 fully saturated rings. The van der Waals surface area contributed by atoms with Crippen LogP contribution < -0.4 is 5.32 Å². The van der Waals surface area contributed by atoms with Gasteiger partial charge in [0.2, 0.25) is 5.91 Å². The Kier molecular flexibility index (Phi) is 4.68. The van der Waals surface area contributed by atoms with Gasteiger partial charge in [-0.15, -0.1) is 10.2 Å². The summed E-state index contributed by atoms with van der Waals surface area (Å²) in [4.78, 5) is 16.4. The summed E-state index contributed by atoms with van der Waals surface area (Å²) in [7, 11) is 0. The Labute approximate surface area is 146 Å². The quantitative estimate of drug-likeness (QED) is 0.718. The zero-order valence-corrected chi connectivity index (χ0v) is 14.5. The lowest BCUT2D eigenvalue weighted by molar-refractivity contribution is -0.113. The predicted octanol–water partition coefficient (Wildman–Crippen LogP) is 3.26. The number of aromatic nitrogens is 4. The maximum absolute atomic E-state index is 13.0. The lowest BCUT2D eigenvalue weighted by atomic mass is 10.3. The fraction of sp³-hybridized carbons (Fsp3) is 0.200. The highest BCUT2D eigenvalue weighted by atomic mass is 35.5. The molecule has 3 aromatic rings. The summed E-state index contributed by atoms with van der Waals surface area (Å²) in [6, 6.07) is 5.62. The molecule has 1 aromatic carbocycles. The molecule has 2 aromatic heterocycles. The van der Waals surface area contributed by atoms with E-state index in [1.54, 1.807) is 4.40 Å². The van der Waals surface area contributed by atoms with Crippen LogP contribution in [0.25, 0.3) is 5.65 Å². The molecule has 2 heterocycles. The minimum atomic E-state index is -0.458. The molecule has 24 heavy (non-hydrogen) atoms. The van der Waals surface area contributed by atoms with E-state index >= 15 is 0 Å². The molecule has 0 spiro atoms. The number of anilines is 1. The van der Waals surface area contributed by atoms with Crippen LogP contribution in [-0.4, -0.2) is 31.2 Å². The Morgan fingerprint density at radius 2 is 2.12 bits per heavy atom. The van der Waals surface area contributed by atoms with E-state index in [-0.39, 0.29) is 16.7 Å². The van der Waals surface area contributed by atoms with Crippen molar-refractivity contribution in [2.45, 2.75) is 19.0 Å². The molecule has 6 nitrogen and oxygen atoms in total. The number of carbonyl (C=O) groups is 1. The first-order chi connectivity index (χ1) is 11.4. The fourth-order valence-electron chi connectivity index (χ4n) is 2.20. The highest BCUT2D eigenvalue weighted by molar-refractivity contribution is 7.99. The van der Waals surface area contributed by atoms with Gasteiger partial charge in [-0.05, 0) is 32.0 Å². The van der Waals surface area contributed by atoms with Crippen LogP contribution in [0.2, 0.25) is 5.02 Å². The minimum Gasteiger partial charge on any atom is -0.324 e. The molecule has 0 atom stereocenters. The third kappa shape index (κ3) is 3.49. The van der Waals surface area contributed by atoms with Crippen LogP contribution in [0, 0.1) is 19.7 Å². The second kappa shape index (κ2) is 6.74. The van der Waals surface area contributed by atoms with E-state index < -0.39 is 5.82 Å². The number of nitrogens with zero attached hydrogens (tertiary/aromatic N) is 4. The second-order valence-corrected chi connectivity index (χ2v) is 6.43. The number of carbonyl (C=O) groups excluding carboxylic acids is 1. The number of fused-ring (bicyclic) bond motifs is 1. The van der Waals surface area contributed by atoms with Gasteiger partial charge >= 0.3 is 0 Å². The van der Waals surface area contributed by atoms with Crippen LogP contribution in [-0.2, 0) is 4.79 Å². The van der Waals surface area contributed by atoms with Crippen LogP contribution in [0.1, 0.15) is 11.5 Å². The van der Waals surface area contributed by atoms with Crippen molar-refractivity contribution in [3.8, 4) is 0 Å². The molecule has 0 unspecified atom stereocenters. The average molecular weight is 366 g/mol. The monoisotopic (exact) mass is 365 g/mol. The predicted molar refractivity (Wildman–Crippen MR) is 91.0 cm³/mol. The number of aryl methyl sites for hydroxylation is 2. The van der Waals surface area contributed by atoms with E-state index in [0.29, 0.717) is 16.5 Å². The number of benzene rings is 1. The Morgan fingerprint density at radius 1 is 1.33 bits per heavy atom. The number of hydrogen-bond acceptors (Lipinski definition) is 5. The summed E-state index contributed by atoms with van der Waals surface area (Å²) in [5.74, 6) is 0.130. The lowest BCUT2D eigenvalue weighted by Gasteiger charge is -2.07. The first kappa shape index (κ1) is 16.7. The zero-order chi connectivity index (χ0) is 17.3. The van der Waals surface area contributed by atoms with Crippen LogP contribution >= 0.6 is 23.4 Å². The van der Waals surface area contributed by atoms with Gasteiger partial charge in [0, 0.05) is 11.8 Å². The highest BCUT2D eigenvalue weighted by Crippen LogP contribution is 2.23. The summed E-state index contributed by atoms with van der Waals surface area (Å²) in [6.07, 6.45) is 0. The van der Waals surface area contributed by atoms with Crippen molar-refractivity contribution < 1.29 is 9.18 Å². The van der Waals surface area contributed by atoms with Gasteiger partial charge in [-0.2, -0.15) is 0 Å². The number of amides is 1. The van der Waals surface area contributed by atoms with Gasteiger partial charge in [0.05, 0.1) is 16.5 Å².